The molecule has 21 heavy (non-hydrogen) atoms. The smallest absolute Gasteiger partial charge is 0.182 e. The van der Waals surface area contributed by atoms with Gasteiger partial charge in [-0.05, 0) is 41.1 Å². The molecule has 0 atom stereocenters. The number of rotatable bonds is 3. The van der Waals surface area contributed by atoms with Gasteiger partial charge in [-0.2, -0.15) is 0 Å². The molecule has 1 heterocycles. The van der Waals surface area contributed by atoms with Crippen LogP contribution in [0.1, 0.15) is 11.1 Å². The second-order valence-electron chi connectivity index (χ2n) is 4.92. The number of hydrogen-bond acceptors (Lipinski definition) is 4. The Hall–Kier alpha value is -2.40. The van der Waals surface area contributed by atoms with Crippen LogP contribution in [0.15, 0.2) is 42.5 Å². The summed E-state index contributed by atoms with van der Waals surface area (Å²) in [7, 11) is 0. The zero-order chi connectivity index (χ0) is 14.8. The van der Waals surface area contributed by atoms with Crippen molar-refractivity contribution in [2.45, 2.75) is 13.5 Å². The van der Waals surface area contributed by atoms with Gasteiger partial charge in [0.15, 0.2) is 5.82 Å². The minimum Gasteiger partial charge on any atom is -0.399 e. The zero-order valence-electron chi connectivity index (χ0n) is 11.5. The van der Waals surface area contributed by atoms with E-state index in [0.717, 1.165) is 11.1 Å². The van der Waals surface area contributed by atoms with E-state index in [0.29, 0.717) is 23.1 Å². The average Bonchev–Trinajstić information content (AvgIpc) is 2.88. The fourth-order valence-corrected chi connectivity index (χ4v) is 2.37. The Labute approximate surface area is 127 Å². The summed E-state index contributed by atoms with van der Waals surface area (Å²) < 4.78 is 1.73. The molecule has 0 amide bonds. The summed E-state index contributed by atoms with van der Waals surface area (Å²) in [4.78, 5) is 0. The monoisotopic (exact) mass is 299 g/mol. The van der Waals surface area contributed by atoms with Gasteiger partial charge in [0.2, 0.25) is 0 Å². The number of tetrazole rings is 1. The van der Waals surface area contributed by atoms with Gasteiger partial charge in [-0.25, -0.2) is 4.68 Å². The van der Waals surface area contributed by atoms with Crippen molar-refractivity contribution in [1.82, 2.24) is 20.2 Å². The lowest BCUT2D eigenvalue weighted by molar-refractivity contribution is 0.653. The highest BCUT2D eigenvalue weighted by molar-refractivity contribution is 6.31. The maximum atomic E-state index is 6.04. The fraction of sp³-hybridized carbons (Fsp3) is 0.133. The lowest BCUT2D eigenvalue weighted by Gasteiger charge is -2.06. The number of aryl methyl sites for hydroxylation is 1. The van der Waals surface area contributed by atoms with Crippen LogP contribution in [0.25, 0.3) is 11.4 Å². The maximum absolute atomic E-state index is 6.04. The van der Waals surface area contributed by atoms with Gasteiger partial charge in [-0.1, -0.05) is 41.4 Å². The Bertz CT molecular complexity index is 744. The van der Waals surface area contributed by atoms with Crippen molar-refractivity contribution < 1.29 is 0 Å². The standard InChI is InChI=1S/C15H14ClN5/c1-10-2-4-11(5-3-10)9-21-15(18-19-20-21)12-6-13(16)8-14(17)7-12/h2-8H,9,17H2,1H3. The van der Waals surface area contributed by atoms with Gasteiger partial charge in [-0.3, -0.25) is 0 Å². The van der Waals surface area contributed by atoms with E-state index >= 15 is 0 Å². The zero-order valence-corrected chi connectivity index (χ0v) is 12.2. The maximum Gasteiger partial charge on any atom is 0.182 e. The molecule has 6 heteroatoms. The highest BCUT2D eigenvalue weighted by atomic mass is 35.5. The number of nitrogens with zero attached hydrogens (tertiary/aromatic N) is 4. The molecule has 0 aliphatic heterocycles. The predicted octanol–water partition coefficient (Wildman–Crippen LogP) is 2.93. The minimum absolute atomic E-state index is 0.565. The summed E-state index contributed by atoms with van der Waals surface area (Å²) in [6, 6.07) is 13.6. The summed E-state index contributed by atoms with van der Waals surface area (Å²) in [5.41, 5.74) is 9.56. The Balaban J connectivity index is 1.95. The lowest BCUT2D eigenvalue weighted by Crippen LogP contribution is -2.04. The Kier molecular flexibility index (Phi) is 3.58. The quantitative estimate of drug-likeness (QED) is 0.755. The van der Waals surface area contributed by atoms with Crippen LogP contribution in [-0.2, 0) is 6.54 Å². The van der Waals surface area contributed by atoms with Gasteiger partial charge in [0.1, 0.15) is 0 Å². The van der Waals surface area contributed by atoms with E-state index in [4.69, 9.17) is 17.3 Å². The SMILES string of the molecule is Cc1ccc(Cn2nnnc2-c2cc(N)cc(Cl)c2)cc1. The fourth-order valence-electron chi connectivity index (χ4n) is 2.13. The van der Waals surface area contributed by atoms with Crippen LogP contribution in [-0.4, -0.2) is 20.2 Å². The third-order valence-corrected chi connectivity index (χ3v) is 3.38. The number of hydrogen-bond donors (Lipinski definition) is 1. The molecule has 1 aromatic heterocycles. The number of nitrogens with two attached hydrogens (primary N) is 1. The summed E-state index contributed by atoms with van der Waals surface area (Å²) in [5, 5.41) is 12.4. The summed E-state index contributed by atoms with van der Waals surface area (Å²) >= 11 is 6.04. The molecule has 5 nitrogen and oxygen atoms in total. The largest absolute Gasteiger partial charge is 0.399 e. The molecular formula is C15H14ClN5. The summed E-state index contributed by atoms with van der Waals surface area (Å²) in [6.45, 7) is 2.65. The van der Waals surface area contributed by atoms with Gasteiger partial charge in [0, 0.05) is 16.3 Å². The van der Waals surface area contributed by atoms with Crippen molar-refractivity contribution >= 4 is 17.3 Å². The molecule has 0 fully saturated rings. The molecule has 3 aromatic rings. The molecular weight excluding hydrogens is 286 g/mol. The number of benzene rings is 2. The Morgan fingerprint density at radius 1 is 1.14 bits per heavy atom. The number of nitrogen functional groups attached to an aromatic ring is 1. The van der Waals surface area contributed by atoms with Crippen LogP contribution in [0.5, 0.6) is 0 Å². The van der Waals surface area contributed by atoms with Gasteiger partial charge >= 0.3 is 0 Å². The molecule has 2 N–H and O–H groups in total. The van der Waals surface area contributed by atoms with Crippen molar-refractivity contribution in [2.75, 3.05) is 5.73 Å². The van der Waals surface area contributed by atoms with E-state index in [2.05, 4.69) is 46.7 Å². The van der Waals surface area contributed by atoms with Crippen LogP contribution >= 0.6 is 11.6 Å². The third-order valence-electron chi connectivity index (χ3n) is 3.16. The van der Waals surface area contributed by atoms with Crippen molar-refractivity contribution in [1.29, 1.82) is 0 Å². The normalized spacial score (nSPS) is 10.8. The second kappa shape index (κ2) is 5.54. The molecule has 0 unspecified atom stereocenters. The molecule has 0 saturated carbocycles. The van der Waals surface area contributed by atoms with Gasteiger partial charge in [-0.15, -0.1) is 5.10 Å². The molecule has 0 aliphatic carbocycles. The predicted molar refractivity (Wildman–Crippen MR) is 83.0 cm³/mol. The highest BCUT2D eigenvalue weighted by Crippen LogP contribution is 2.24. The second-order valence-corrected chi connectivity index (χ2v) is 5.36. The molecule has 3 rings (SSSR count). The number of anilines is 1. The first-order valence-corrected chi connectivity index (χ1v) is 6.88. The Morgan fingerprint density at radius 2 is 1.90 bits per heavy atom. The van der Waals surface area contributed by atoms with Gasteiger partial charge < -0.3 is 5.73 Å². The van der Waals surface area contributed by atoms with Crippen molar-refractivity contribution in [3.63, 3.8) is 0 Å². The molecule has 0 spiro atoms. The van der Waals surface area contributed by atoms with E-state index in [1.807, 2.05) is 6.07 Å². The van der Waals surface area contributed by atoms with Gasteiger partial charge in [0.25, 0.3) is 0 Å². The molecule has 106 valence electrons. The third kappa shape index (κ3) is 3.03. The van der Waals surface area contributed by atoms with E-state index in [9.17, 15) is 0 Å². The number of aromatic nitrogens is 4. The first-order chi connectivity index (χ1) is 10.1. The minimum atomic E-state index is 0.565. The first-order valence-electron chi connectivity index (χ1n) is 6.50. The average molecular weight is 300 g/mol. The summed E-state index contributed by atoms with van der Waals surface area (Å²) in [6.07, 6.45) is 0. The van der Waals surface area contributed by atoms with Crippen molar-refractivity contribution in [3.8, 4) is 11.4 Å². The van der Waals surface area contributed by atoms with E-state index in [-0.39, 0.29) is 0 Å². The summed E-state index contributed by atoms with van der Waals surface area (Å²) in [5.74, 6) is 0.643. The molecule has 0 radical (unpaired) electrons. The van der Waals surface area contributed by atoms with Crippen LogP contribution in [0.2, 0.25) is 5.02 Å². The molecule has 0 bridgehead atoms. The van der Waals surface area contributed by atoms with Crippen molar-refractivity contribution in [3.05, 3.63) is 58.6 Å². The van der Waals surface area contributed by atoms with Crippen LogP contribution in [0.3, 0.4) is 0 Å². The van der Waals surface area contributed by atoms with Gasteiger partial charge in [0.05, 0.1) is 6.54 Å². The molecule has 0 saturated heterocycles. The van der Waals surface area contributed by atoms with Crippen LogP contribution in [0.4, 0.5) is 5.69 Å². The van der Waals surface area contributed by atoms with E-state index < -0.39 is 0 Å². The Morgan fingerprint density at radius 3 is 2.62 bits per heavy atom. The van der Waals surface area contributed by atoms with E-state index in [1.165, 1.54) is 5.56 Å². The molecule has 2 aromatic carbocycles. The lowest BCUT2D eigenvalue weighted by atomic mass is 10.1. The topological polar surface area (TPSA) is 69.6 Å². The first kappa shape index (κ1) is 13.6. The number of halogens is 1. The van der Waals surface area contributed by atoms with Crippen molar-refractivity contribution in [2.24, 2.45) is 0 Å². The van der Waals surface area contributed by atoms with E-state index in [1.54, 1.807) is 16.8 Å². The molecule has 0 aliphatic rings. The van der Waals surface area contributed by atoms with Crippen LogP contribution < -0.4 is 5.73 Å². The van der Waals surface area contributed by atoms with Crippen LogP contribution in [0, 0.1) is 6.92 Å². The highest BCUT2D eigenvalue weighted by Gasteiger charge is 2.10.